The highest BCUT2D eigenvalue weighted by molar-refractivity contribution is 5.81. The Hall–Kier alpha value is -0.410. The van der Waals surface area contributed by atoms with Crippen molar-refractivity contribution in [3.05, 3.63) is 0 Å². The monoisotopic (exact) mass is 227 g/mol. The lowest BCUT2D eigenvalue weighted by molar-refractivity contribution is -0.126. The van der Waals surface area contributed by atoms with E-state index in [0.717, 1.165) is 26.2 Å². The summed E-state index contributed by atoms with van der Waals surface area (Å²) in [7, 11) is 1.76. The Labute approximate surface area is 99.1 Å². The van der Waals surface area contributed by atoms with Crippen molar-refractivity contribution in [2.75, 3.05) is 33.4 Å². The van der Waals surface area contributed by atoms with Gasteiger partial charge in [0.15, 0.2) is 0 Å². The number of ether oxygens (including phenoxy) is 1. The summed E-state index contributed by atoms with van der Waals surface area (Å²) in [4.78, 5) is 13.9. The van der Waals surface area contributed by atoms with Crippen molar-refractivity contribution in [2.45, 2.75) is 33.6 Å². The van der Waals surface area contributed by atoms with Gasteiger partial charge in [0.1, 0.15) is 5.78 Å². The van der Waals surface area contributed by atoms with Gasteiger partial charge in [-0.2, -0.15) is 0 Å². The van der Waals surface area contributed by atoms with Crippen LogP contribution < -0.4 is 0 Å². The Morgan fingerprint density at radius 2 is 2.19 bits per heavy atom. The van der Waals surface area contributed by atoms with Crippen LogP contribution in [0.15, 0.2) is 0 Å². The van der Waals surface area contributed by atoms with Gasteiger partial charge in [-0.15, -0.1) is 0 Å². The lowest BCUT2D eigenvalue weighted by Crippen LogP contribution is -2.44. The third-order valence-electron chi connectivity index (χ3n) is 3.58. The number of hydrogen-bond acceptors (Lipinski definition) is 3. The fourth-order valence-electron chi connectivity index (χ4n) is 2.34. The molecule has 3 nitrogen and oxygen atoms in total. The second-order valence-electron chi connectivity index (χ2n) is 5.64. The number of carbonyl (C=O) groups is 1. The van der Waals surface area contributed by atoms with Gasteiger partial charge in [-0.05, 0) is 32.2 Å². The van der Waals surface area contributed by atoms with E-state index in [-0.39, 0.29) is 11.2 Å². The van der Waals surface area contributed by atoms with Gasteiger partial charge in [0.05, 0.1) is 6.61 Å². The molecule has 1 aliphatic rings. The fourth-order valence-corrected chi connectivity index (χ4v) is 2.34. The standard InChI is InChI=1S/C13H25NO2/c1-11(15)13(2,3)10-14-7-5-6-12(8-14)9-16-4/h12H,5-10H2,1-4H3. The smallest absolute Gasteiger partial charge is 0.136 e. The van der Waals surface area contributed by atoms with E-state index in [1.165, 1.54) is 12.8 Å². The molecule has 0 N–H and O–H groups in total. The summed E-state index contributed by atoms with van der Waals surface area (Å²) < 4.78 is 5.21. The number of nitrogens with zero attached hydrogens (tertiary/aromatic N) is 1. The first-order valence-electron chi connectivity index (χ1n) is 6.18. The van der Waals surface area contributed by atoms with E-state index in [1.807, 2.05) is 13.8 Å². The summed E-state index contributed by atoms with van der Waals surface area (Å²) in [6, 6.07) is 0. The molecule has 16 heavy (non-hydrogen) atoms. The van der Waals surface area contributed by atoms with Crippen LogP contribution in [0.1, 0.15) is 33.6 Å². The first-order valence-corrected chi connectivity index (χ1v) is 6.18. The molecule has 0 bridgehead atoms. The summed E-state index contributed by atoms with van der Waals surface area (Å²) in [6.07, 6.45) is 2.48. The second-order valence-corrected chi connectivity index (χ2v) is 5.64. The van der Waals surface area contributed by atoms with Crippen LogP contribution in [0.4, 0.5) is 0 Å². The number of ketones is 1. The Kier molecular flexibility index (Phi) is 4.93. The second kappa shape index (κ2) is 5.78. The minimum Gasteiger partial charge on any atom is -0.384 e. The summed E-state index contributed by atoms with van der Waals surface area (Å²) in [5, 5.41) is 0. The number of carbonyl (C=O) groups excluding carboxylic acids is 1. The molecule has 1 atom stereocenters. The van der Waals surface area contributed by atoms with Gasteiger partial charge >= 0.3 is 0 Å². The molecule has 1 fully saturated rings. The highest BCUT2D eigenvalue weighted by Crippen LogP contribution is 2.23. The number of rotatable bonds is 5. The summed E-state index contributed by atoms with van der Waals surface area (Å²) >= 11 is 0. The van der Waals surface area contributed by atoms with E-state index >= 15 is 0 Å². The normalized spacial score (nSPS) is 23.4. The molecule has 0 saturated carbocycles. The van der Waals surface area contributed by atoms with Gasteiger partial charge in [-0.25, -0.2) is 0 Å². The van der Waals surface area contributed by atoms with Crippen LogP contribution in [-0.2, 0) is 9.53 Å². The van der Waals surface area contributed by atoms with Crippen molar-refractivity contribution >= 4 is 5.78 Å². The largest absolute Gasteiger partial charge is 0.384 e. The molecule has 1 rings (SSSR count). The molecular weight excluding hydrogens is 202 g/mol. The van der Waals surface area contributed by atoms with Crippen LogP contribution in [-0.4, -0.2) is 44.0 Å². The van der Waals surface area contributed by atoms with Crippen LogP contribution in [0.3, 0.4) is 0 Å². The van der Waals surface area contributed by atoms with E-state index < -0.39 is 0 Å². The maximum Gasteiger partial charge on any atom is 0.136 e. The zero-order chi connectivity index (χ0) is 12.2. The minimum absolute atomic E-state index is 0.213. The van der Waals surface area contributed by atoms with E-state index in [0.29, 0.717) is 5.92 Å². The molecule has 0 amide bonds. The lowest BCUT2D eigenvalue weighted by Gasteiger charge is -2.36. The van der Waals surface area contributed by atoms with Crippen molar-refractivity contribution < 1.29 is 9.53 Å². The van der Waals surface area contributed by atoms with Crippen LogP contribution >= 0.6 is 0 Å². The molecule has 0 aromatic carbocycles. The Bertz CT molecular complexity index is 236. The van der Waals surface area contributed by atoms with Gasteiger partial charge in [0.2, 0.25) is 0 Å². The summed E-state index contributed by atoms with van der Waals surface area (Å²) in [5.41, 5.74) is -0.213. The van der Waals surface area contributed by atoms with E-state index in [9.17, 15) is 4.79 Å². The van der Waals surface area contributed by atoms with Gasteiger partial charge in [-0.3, -0.25) is 4.79 Å². The summed E-state index contributed by atoms with van der Waals surface area (Å²) in [6.45, 7) is 9.68. The number of likely N-dealkylation sites (tertiary alicyclic amines) is 1. The minimum atomic E-state index is -0.213. The third-order valence-corrected chi connectivity index (χ3v) is 3.58. The lowest BCUT2D eigenvalue weighted by atomic mass is 9.87. The van der Waals surface area contributed by atoms with Crippen molar-refractivity contribution in [1.82, 2.24) is 4.90 Å². The molecule has 1 aliphatic heterocycles. The van der Waals surface area contributed by atoms with Gasteiger partial charge in [-0.1, -0.05) is 13.8 Å². The molecule has 0 aromatic rings. The van der Waals surface area contributed by atoms with Gasteiger partial charge in [0, 0.05) is 25.6 Å². The number of hydrogen-bond donors (Lipinski definition) is 0. The average Bonchev–Trinajstić information content (AvgIpc) is 2.17. The van der Waals surface area contributed by atoms with Crippen molar-refractivity contribution in [1.29, 1.82) is 0 Å². The van der Waals surface area contributed by atoms with Crippen LogP contribution in [0.25, 0.3) is 0 Å². The Morgan fingerprint density at radius 1 is 1.50 bits per heavy atom. The Morgan fingerprint density at radius 3 is 2.75 bits per heavy atom. The zero-order valence-corrected chi connectivity index (χ0v) is 11.1. The molecule has 0 aromatic heterocycles. The fraction of sp³-hybridized carbons (Fsp3) is 0.923. The van der Waals surface area contributed by atoms with E-state index in [1.54, 1.807) is 14.0 Å². The van der Waals surface area contributed by atoms with E-state index in [4.69, 9.17) is 4.74 Å². The molecule has 1 saturated heterocycles. The van der Waals surface area contributed by atoms with Crippen molar-refractivity contribution in [3.8, 4) is 0 Å². The predicted molar refractivity (Wildman–Crippen MR) is 65.5 cm³/mol. The zero-order valence-electron chi connectivity index (χ0n) is 11.1. The molecule has 1 heterocycles. The molecule has 0 aliphatic carbocycles. The predicted octanol–water partition coefficient (Wildman–Crippen LogP) is 1.96. The molecule has 0 radical (unpaired) electrons. The molecule has 0 spiro atoms. The maximum absolute atomic E-state index is 11.5. The van der Waals surface area contributed by atoms with Crippen LogP contribution in [0.2, 0.25) is 0 Å². The van der Waals surface area contributed by atoms with Gasteiger partial charge in [0.25, 0.3) is 0 Å². The first kappa shape index (κ1) is 13.7. The average molecular weight is 227 g/mol. The quantitative estimate of drug-likeness (QED) is 0.719. The van der Waals surface area contributed by atoms with Crippen LogP contribution in [0, 0.1) is 11.3 Å². The van der Waals surface area contributed by atoms with Crippen molar-refractivity contribution in [2.24, 2.45) is 11.3 Å². The van der Waals surface area contributed by atoms with Crippen molar-refractivity contribution in [3.63, 3.8) is 0 Å². The topological polar surface area (TPSA) is 29.5 Å². The molecule has 3 heteroatoms. The molecule has 1 unspecified atom stereocenters. The highest BCUT2D eigenvalue weighted by Gasteiger charge is 2.29. The number of piperidine rings is 1. The Balaban J connectivity index is 2.45. The SMILES string of the molecule is COCC1CCCN(CC(C)(C)C(C)=O)C1. The third kappa shape index (κ3) is 3.87. The van der Waals surface area contributed by atoms with E-state index in [2.05, 4.69) is 4.90 Å². The summed E-state index contributed by atoms with van der Waals surface area (Å²) in [5.74, 6) is 0.919. The maximum atomic E-state index is 11.5. The number of Topliss-reactive ketones (excluding diaryl/α,β-unsaturated/α-hetero) is 1. The van der Waals surface area contributed by atoms with Gasteiger partial charge < -0.3 is 9.64 Å². The first-order chi connectivity index (χ1) is 7.45. The molecular formula is C13H25NO2. The highest BCUT2D eigenvalue weighted by atomic mass is 16.5. The number of methoxy groups -OCH3 is 1. The van der Waals surface area contributed by atoms with Crippen LogP contribution in [0.5, 0.6) is 0 Å². The molecule has 94 valence electrons.